The van der Waals surface area contributed by atoms with Crippen LogP contribution in [0.15, 0.2) is 42.5 Å². The SMILES string of the molecule is N#CC1(c2ccc(Cl)cc2)CCN(C(=O)C2CCN2CCCOc2cccc3c2CN(C2CCC(=O)NC2=O)C3=O)CC1. The molecule has 6 rings (SSSR count). The number of hydrogen-bond donors (Lipinski definition) is 1. The number of imide groups is 1. The smallest absolute Gasteiger partial charge is 0.255 e. The van der Waals surface area contributed by atoms with E-state index in [1.807, 2.05) is 35.2 Å². The fourth-order valence-electron chi connectivity index (χ4n) is 6.68. The van der Waals surface area contributed by atoms with Crippen LogP contribution in [0.25, 0.3) is 0 Å². The number of rotatable bonds is 8. The summed E-state index contributed by atoms with van der Waals surface area (Å²) in [6.45, 7) is 3.36. The highest BCUT2D eigenvalue weighted by Gasteiger charge is 2.42. The Morgan fingerprint density at radius 2 is 1.84 bits per heavy atom. The minimum Gasteiger partial charge on any atom is -0.493 e. The zero-order chi connectivity index (χ0) is 30.1. The van der Waals surface area contributed by atoms with Crippen molar-refractivity contribution in [2.45, 2.75) is 62.6 Å². The molecule has 3 fully saturated rings. The van der Waals surface area contributed by atoms with Crippen molar-refractivity contribution >= 4 is 35.2 Å². The van der Waals surface area contributed by atoms with Gasteiger partial charge in [0.2, 0.25) is 17.7 Å². The number of piperidine rings is 2. The maximum absolute atomic E-state index is 13.4. The molecule has 0 radical (unpaired) electrons. The molecule has 43 heavy (non-hydrogen) atoms. The number of halogens is 1. The van der Waals surface area contributed by atoms with E-state index in [9.17, 15) is 24.4 Å². The average Bonchev–Trinajstić information content (AvgIpc) is 3.33. The van der Waals surface area contributed by atoms with Gasteiger partial charge in [-0.1, -0.05) is 29.8 Å². The predicted octanol–water partition coefficient (Wildman–Crippen LogP) is 3.03. The minimum atomic E-state index is -0.667. The molecule has 4 aliphatic heterocycles. The number of ether oxygens (including phenoxy) is 1. The molecule has 2 aromatic carbocycles. The number of hydrogen-bond acceptors (Lipinski definition) is 7. The second-order valence-corrected chi connectivity index (χ2v) is 12.2. The first-order chi connectivity index (χ1) is 20.8. The van der Waals surface area contributed by atoms with Crippen molar-refractivity contribution in [3.8, 4) is 11.8 Å². The zero-order valence-corrected chi connectivity index (χ0v) is 24.6. The third kappa shape index (κ3) is 5.59. The normalized spacial score (nSPS) is 23.3. The maximum Gasteiger partial charge on any atom is 0.255 e. The van der Waals surface area contributed by atoms with Crippen LogP contribution in [0, 0.1) is 11.3 Å². The fraction of sp³-hybridized carbons (Fsp3) is 0.469. The molecule has 10 nitrogen and oxygen atoms in total. The molecular weight excluding hydrogens is 570 g/mol. The third-order valence-electron chi connectivity index (χ3n) is 9.34. The Labute approximate surface area is 255 Å². The summed E-state index contributed by atoms with van der Waals surface area (Å²) in [5.74, 6) is -0.231. The molecule has 0 aliphatic carbocycles. The van der Waals surface area contributed by atoms with Crippen LogP contribution in [0.2, 0.25) is 5.02 Å². The highest BCUT2D eigenvalue weighted by atomic mass is 35.5. The second-order valence-electron chi connectivity index (χ2n) is 11.8. The van der Waals surface area contributed by atoms with Crippen LogP contribution >= 0.6 is 11.6 Å². The Kier molecular flexibility index (Phi) is 8.12. The van der Waals surface area contributed by atoms with E-state index >= 15 is 0 Å². The molecule has 4 aliphatic rings. The van der Waals surface area contributed by atoms with Crippen molar-refractivity contribution in [3.05, 3.63) is 64.2 Å². The molecule has 2 atom stereocenters. The number of carbonyl (C=O) groups is 4. The van der Waals surface area contributed by atoms with E-state index in [2.05, 4.69) is 16.3 Å². The van der Waals surface area contributed by atoms with Crippen LogP contribution in [-0.4, -0.2) is 83.2 Å². The van der Waals surface area contributed by atoms with E-state index in [0.29, 0.717) is 68.3 Å². The number of nitrogens with one attached hydrogen (secondary N) is 1. The summed E-state index contributed by atoms with van der Waals surface area (Å²) in [5, 5.41) is 13.0. The van der Waals surface area contributed by atoms with Gasteiger partial charge < -0.3 is 14.5 Å². The Balaban J connectivity index is 0.986. The van der Waals surface area contributed by atoms with Crippen LogP contribution in [0.1, 0.15) is 60.0 Å². The van der Waals surface area contributed by atoms with E-state index in [0.717, 1.165) is 24.1 Å². The van der Waals surface area contributed by atoms with Gasteiger partial charge >= 0.3 is 0 Å². The molecule has 2 unspecified atom stereocenters. The van der Waals surface area contributed by atoms with Gasteiger partial charge in [-0.05, 0) is 61.9 Å². The number of fused-ring (bicyclic) bond motifs is 1. The van der Waals surface area contributed by atoms with E-state index in [4.69, 9.17) is 16.3 Å². The predicted molar refractivity (Wildman–Crippen MR) is 157 cm³/mol. The van der Waals surface area contributed by atoms with Gasteiger partial charge in [-0.3, -0.25) is 29.4 Å². The lowest BCUT2D eigenvalue weighted by Gasteiger charge is -2.45. The standard InChI is InChI=1S/C32H34ClN5O5/c33-22-7-5-21(6-8-22)32(20-34)12-16-37(17-13-32)31(42)26-11-15-36(26)14-2-18-43-27-4-1-3-23-24(27)19-38(30(23)41)25-9-10-28(39)35-29(25)40/h1,3-8,25-26H,2,9-19H2,(H,35,39,40). The van der Waals surface area contributed by atoms with Gasteiger partial charge in [0.15, 0.2) is 0 Å². The summed E-state index contributed by atoms with van der Waals surface area (Å²) < 4.78 is 6.10. The molecule has 2 aromatic rings. The molecule has 4 heterocycles. The third-order valence-corrected chi connectivity index (χ3v) is 9.59. The van der Waals surface area contributed by atoms with Crippen molar-refractivity contribution < 1.29 is 23.9 Å². The number of likely N-dealkylation sites (tertiary alicyclic amines) is 2. The van der Waals surface area contributed by atoms with Crippen LogP contribution in [0.3, 0.4) is 0 Å². The zero-order valence-electron chi connectivity index (χ0n) is 23.9. The molecule has 224 valence electrons. The van der Waals surface area contributed by atoms with E-state index in [-0.39, 0.29) is 36.7 Å². The van der Waals surface area contributed by atoms with Crippen molar-refractivity contribution in [2.75, 3.05) is 32.8 Å². The van der Waals surface area contributed by atoms with Gasteiger partial charge in [0.25, 0.3) is 5.91 Å². The molecule has 1 N–H and O–H groups in total. The summed E-state index contributed by atoms with van der Waals surface area (Å²) in [4.78, 5) is 55.9. The Hall–Kier alpha value is -3.94. The van der Waals surface area contributed by atoms with E-state index in [1.54, 1.807) is 12.1 Å². The number of benzene rings is 2. The number of nitrogens with zero attached hydrogens (tertiary/aromatic N) is 4. The first kappa shape index (κ1) is 29.1. The number of amides is 4. The highest BCUT2D eigenvalue weighted by Crippen LogP contribution is 2.37. The summed E-state index contributed by atoms with van der Waals surface area (Å²) >= 11 is 6.04. The van der Waals surface area contributed by atoms with Crippen LogP contribution in [0.4, 0.5) is 0 Å². The fourth-order valence-corrected chi connectivity index (χ4v) is 6.81. The molecule has 0 aromatic heterocycles. The molecule has 0 spiro atoms. The van der Waals surface area contributed by atoms with Crippen LogP contribution in [0.5, 0.6) is 5.75 Å². The van der Waals surface area contributed by atoms with Crippen molar-refractivity contribution in [1.29, 1.82) is 5.26 Å². The topological polar surface area (TPSA) is 123 Å². The van der Waals surface area contributed by atoms with Crippen LogP contribution < -0.4 is 10.1 Å². The van der Waals surface area contributed by atoms with Gasteiger partial charge in [-0.25, -0.2) is 0 Å². The quantitative estimate of drug-likeness (QED) is 0.363. The van der Waals surface area contributed by atoms with Crippen molar-refractivity contribution in [3.63, 3.8) is 0 Å². The molecule has 0 saturated carbocycles. The monoisotopic (exact) mass is 603 g/mol. The van der Waals surface area contributed by atoms with Gasteiger partial charge in [0, 0.05) is 48.7 Å². The van der Waals surface area contributed by atoms with Gasteiger partial charge in [0.1, 0.15) is 11.8 Å². The summed E-state index contributed by atoms with van der Waals surface area (Å²) in [5.41, 5.74) is 1.63. The maximum atomic E-state index is 13.4. The minimum absolute atomic E-state index is 0.128. The summed E-state index contributed by atoms with van der Waals surface area (Å²) in [6, 6.07) is 14.5. The molecule has 3 saturated heterocycles. The molecule has 11 heteroatoms. The van der Waals surface area contributed by atoms with Crippen molar-refractivity contribution in [2.24, 2.45) is 0 Å². The Morgan fingerprint density at radius 1 is 1.07 bits per heavy atom. The molecule has 0 bridgehead atoms. The highest BCUT2D eigenvalue weighted by molar-refractivity contribution is 6.30. The number of nitriles is 1. The summed E-state index contributed by atoms with van der Waals surface area (Å²) in [7, 11) is 0. The van der Waals surface area contributed by atoms with E-state index < -0.39 is 17.4 Å². The molecule has 4 amide bonds. The van der Waals surface area contributed by atoms with Gasteiger partial charge in [-0.2, -0.15) is 5.26 Å². The Bertz CT molecular complexity index is 1480. The first-order valence-corrected chi connectivity index (χ1v) is 15.3. The van der Waals surface area contributed by atoms with Crippen LogP contribution in [-0.2, 0) is 26.3 Å². The summed E-state index contributed by atoms with van der Waals surface area (Å²) in [6.07, 6.45) is 3.26. The van der Waals surface area contributed by atoms with Gasteiger partial charge in [-0.15, -0.1) is 0 Å². The average molecular weight is 604 g/mol. The largest absolute Gasteiger partial charge is 0.493 e. The Morgan fingerprint density at radius 3 is 2.51 bits per heavy atom. The van der Waals surface area contributed by atoms with Gasteiger partial charge in [0.05, 0.1) is 30.7 Å². The molecular formula is C32H34ClN5O5. The second kappa shape index (κ2) is 12.0. The van der Waals surface area contributed by atoms with Crippen molar-refractivity contribution in [1.82, 2.24) is 20.0 Å². The van der Waals surface area contributed by atoms with E-state index in [1.165, 1.54) is 4.90 Å². The number of carbonyl (C=O) groups excluding carboxylic acids is 4. The first-order valence-electron chi connectivity index (χ1n) is 14.9. The lowest BCUT2D eigenvalue weighted by atomic mass is 9.74. The lowest BCUT2D eigenvalue weighted by Crippen LogP contribution is -2.59. The lowest BCUT2D eigenvalue weighted by molar-refractivity contribution is -0.143.